The Morgan fingerprint density at radius 2 is 2.20 bits per heavy atom. The number of nitrogens with zero attached hydrogens (tertiary/aromatic N) is 1. The molecule has 0 atom stereocenters. The number of hydrogen-bond acceptors (Lipinski definition) is 2. The van der Waals surface area contributed by atoms with Gasteiger partial charge in [0.25, 0.3) is 6.43 Å². The number of benzene rings is 1. The number of halogens is 3. The monoisotopic (exact) mass is 276 g/mol. The fourth-order valence-electron chi connectivity index (χ4n) is 1.41. The van der Waals surface area contributed by atoms with E-state index < -0.39 is 6.43 Å². The Morgan fingerprint density at radius 3 is 2.80 bits per heavy atom. The fourth-order valence-corrected chi connectivity index (χ4v) is 1.67. The van der Waals surface area contributed by atoms with Crippen LogP contribution in [0.25, 0.3) is 11.0 Å². The molecule has 0 amide bonds. The molecule has 1 aromatic carbocycles. The van der Waals surface area contributed by atoms with Gasteiger partial charge in [0.2, 0.25) is 0 Å². The summed E-state index contributed by atoms with van der Waals surface area (Å²) in [6.45, 7) is 0. The molecule has 1 aromatic heterocycles. The second-order valence-corrected chi connectivity index (χ2v) is 3.61. The molecule has 2 N–H and O–H groups in total. The summed E-state index contributed by atoms with van der Waals surface area (Å²) in [7, 11) is 0. The van der Waals surface area contributed by atoms with Crippen molar-refractivity contribution >= 4 is 27.0 Å². The molecule has 0 spiro atoms. The summed E-state index contributed by atoms with van der Waals surface area (Å²) < 4.78 is 25.2. The van der Waals surface area contributed by atoms with Gasteiger partial charge in [-0.25, -0.2) is 13.8 Å². The molecule has 0 aliphatic rings. The SMILES string of the molecule is Oc1cc(C(F)F)c2nc(CBr)[nH]c2c1. The molecule has 15 heavy (non-hydrogen) atoms. The van der Waals surface area contributed by atoms with Crippen LogP contribution in [0.3, 0.4) is 0 Å². The number of hydrogen-bond donors (Lipinski definition) is 2. The summed E-state index contributed by atoms with van der Waals surface area (Å²) in [5.74, 6) is 0.361. The van der Waals surface area contributed by atoms with Crippen LogP contribution in [-0.2, 0) is 5.33 Å². The van der Waals surface area contributed by atoms with Crippen LogP contribution in [0, 0.1) is 0 Å². The summed E-state index contributed by atoms with van der Waals surface area (Å²) in [5.41, 5.74) is 0.366. The van der Waals surface area contributed by atoms with Crippen molar-refractivity contribution in [2.24, 2.45) is 0 Å². The fraction of sp³-hybridized carbons (Fsp3) is 0.222. The molecule has 2 aromatic rings. The Kier molecular flexibility index (Phi) is 2.60. The Balaban J connectivity index is 2.72. The number of phenols is 1. The van der Waals surface area contributed by atoms with Crippen LogP contribution in [0.1, 0.15) is 17.8 Å². The first-order chi connectivity index (χ1) is 7.11. The van der Waals surface area contributed by atoms with E-state index in [2.05, 4.69) is 25.9 Å². The van der Waals surface area contributed by atoms with Gasteiger partial charge < -0.3 is 10.1 Å². The molecule has 3 nitrogen and oxygen atoms in total. The second kappa shape index (κ2) is 3.77. The summed E-state index contributed by atoms with van der Waals surface area (Å²) in [6.07, 6.45) is -2.65. The van der Waals surface area contributed by atoms with Gasteiger partial charge in [-0.15, -0.1) is 0 Å². The van der Waals surface area contributed by atoms with E-state index in [9.17, 15) is 13.9 Å². The highest BCUT2D eigenvalue weighted by atomic mass is 79.9. The quantitative estimate of drug-likeness (QED) is 0.828. The first-order valence-corrected chi connectivity index (χ1v) is 5.29. The van der Waals surface area contributed by atoms with Gasteiger partial charge >= 0.3 is 0 Å². The average molecular weight is 277 g/mol. The van der Waals surface area contributed by atoms with Gasteiger partial charge in [-0.2, -0.15) is 0 Å². The normalized spacial score (nSPS) is 11.5. The van der Waals surface area contributed by atoms with Crippen LogP contribution in [0.15, 0.2) is 12.1 Å². The Morgan fingerprint density at radius 1 is 1.47 bits per heavy atom. The lowest BCUT2D eigenvalue weighted by molar-refractivity contribution is 0.152. The zero-order valence-corrected chi connectivity index (χ0v) is 9.05. The van der Waals surface area contributed by atoms with Crippen molar-refractivity contribution in [3.05, 3.63) is 23.5 Å². The summed E-state index contributed by atoms with van der Waals surface area (Å²) in [5, 5.41) is 9.70. The predicted molar refractivity (Wildman–Crippen MR) is 55.3 cm³/mol. The molecule has 1 heterocycles. The van der Waals surface area contributed by atoms with E-state index in [4.69, 9.17) is 0 Å². The number of alkyl halides is 3. The summed E-state index contributed by atoms with van der Waals surface area (Å²) >= 11 is 3.17. The van der Waals surface area contributed by atoms with Gasteiger partial charge in [0, 0.05) is 11.6 Å². The molecule has 0 radical (unpaired) electrons. The lowest BCUT2D eigenvalue weighted by atomic mass is 10.2. The molecule has 80 valence electrons. The number of rotatable bonds is 2. The molecular formula is C9H7BrF2N2O. The third-order valence-electron chi connectivity index (χ3n) is 2.01. The lowest BCUT2D eigenvalue weighted by Crippen LogP contribution is -1.86. The number of nitrogens with one attached hydrogen (secondary N) is 1. The van der Waals surface area contributed by atoms with Crippen molar-refractivity contribution in [1.29, 1.82) is 0 Å². The van der Waals surface area contributed by atoms with Gasteiger partial charge in [0.1, 0.15) is 11.6 Å². The third-order valence-corrected chi connectivity index (χ3v) is 2.54. The number of aromatic hydroxyl groups is 1. The molecule has 2 rings (SSSR count). The summed E-state index contributed by atoms with van der Waals surface area (Å²) in [6, 6.07) is 2.41. The highest BCUT2D eigenvalue weighted by Crippen LogP contribution is 2.30. The second-order valence-electron chi connectivity index (χ2n) is 3.05. The maximum Gasteiger partial charge on any atom is 0.266 e. The minimum atomic E-state index is -2.65. The predicted octanol–water partition coefficient (Wildman–Crippen LogP) is 3.10. The van der Waals surface area contributed by atoms with Crippen molar-refractivity contribution < 1.29 is 13.9 Å². The van der Waals surface area contributed by atoms with Crippen LogP contribution in [0.2, 0.25) is 0 Å². The van der Waals surface area contributed by atoms with Gasteiger partial charge in [0.05, 0.1) is 16.4 Å². The number of phenolic OH excluding ortho intramolecular Hbond substituents is 1. The lowest BCUT2D eigenvalue weighted by Gasteiger charge is -2.01. The number of aromatic amines is 1. The third kappa shape index (κ3) is 1.81. The highest BCUT2D eigenvalue weighted by molar-refractivity contribution is 9.08. The van der Waals surface area contributed by atoms with Crippen molar-refractivity contribution in [1.82, 2.24) is 9.97 Å². The van der Waals surface area contributed by atoms with Crippen molar-refractivity contribution in [2.45, 2.75) is 11.8 Å². The van der Waals surface area contributed by atoms with Crippen LogP contribution >= 0.6 is 15.9 Å². The Hall–Kier alpha value is -1.17. The van der Waals surface area contributed by atoms with Crippen LogP contribution < -0.4 is 0 Å². The average Bonchev–Trinajstić information content (AvgIpc) is 2.58. The van der Waals surface area contributed by atoms with Crippen molar-refractivity contribution in [3.63, 3.8) is 0 Å². The first-order valence-electron chi connectivity index (χ1n) is 4.17. The van der Waals surface area contributed by atoms with E-state index in [0.29, 0.717) is 16.7 Å². The smallest absolute Gasteiger partial charge is 0.266 e. The Labute approximate surface area is 92.3 Å². The molecule has 6 heteroatoms. The largest absolute Gasteiger partial charge is 0.508 e. The van der Waals surface area contributed by atoms with Gasteiger partial charge in [-0.3, -0.25) is 0 Å². The van der Waals surface area contributed by atoms with E-state index in [1.54, 1.807) is 0 Å². The zero-order chi connectivity index (χ0) is 11.0. The van der Waals surface area contributed by atoms with Gasteiger partial charge in [0.15, 0.2) is 0 Å². The van der Waals surface area contributed by atoms with Crippen LogP contribution in [0.5, 0.6) is 5.75 Å². The summed E-state index contributed by atoms with van der Waals surface area (Å²) in [4.78, 5) is 6.83. The Bertz CT molecular complexity index is 498. The molecule has 0 saturated heterocycles. The van der Waals surface area contributed by atoms with E-state index in [1.165, 1.54) is 6.07 Å². The molecular weight excluding hydrogens is 270 g/mol. The maximum atomic E-state index is 12.6. The minimum absolute atomic E-state index is 0.192. The van der Waals surface area contributed by atoms with E-state index in [0.717, 1.165) is 6.07 Å². The molecule has 0 fully saturated rings. The number of imidazole rings is 1. The maximum absolute atomic E-state index is 12.6. The topological polar surface area (TPSA) is 48.9 Å². The van der Waals surface area contributed by atoms with Crippen molar-refractivity contribution in [2.75, 3.05) is 0 Å². The molecule has 0 aliphatic heterocycles. The van der Waals surface area contributed by atoms with E-state index in [1.807, 2.05) is 0 Å². The number of aromatic nitrogens is 2. The van der Waals surface area contributed by atoms with Crippen LogP contribution in [-0.4, -0.2) is 15.1 Å². The van der Waals surface area contributed by atoms with E-state index in [-0.39, 0.29) is 16.8 Å². The number of H-pyrrole nitrogens is 1. The van der Waals surface area contributed by atoms with Crippen LogP contribution in [0.4, 0.5) is 8.78 Å². The number of fused-ring (bicyclic) bond motifs is 1. The van der Waals surface area contributed by atoms with Crippen molar-refractivity contribution in [3.8, 4) is 5.75 Å². The molecule has 0 aliphatic carbocycles. The highest BCUT2D eigenvalue weighted by Gasteiger charge is 2.16. The molecule has 0 saturated carbocycles. The van der Waals surface area contributed by atoms with Gasteiger partial charge in [-0.05, 0) is 6.07 Å². The van der Waals surface area contributed by atoms with E-state index >= 15 is 0 Å². The molecule has 0 unspecified atom stereocenters. The standard InChI is InChI=1S/C9H7BrF2N2O/c10-3-7-13-6-2-4(15)1-5(9(11)12)8(6)14-7/h1-2,9,15H,3H2,(H,13,14). The van der Waals surface area contributed by atoms with Gasteiger partial charge in [-0.1, -0.05) is 15.9 Å². The molecule has 0 bridgehead atoms. The minimum Gasteiger partial charge on any atom is -0.508 e. The first kappa shape index (κ1) is 10.4. The zero-order valence-electron chi connectivity index (χ0n) is 7.47.